The molecule has 0 radical (unpaired) electrons. The van der Waals surface area contributed by atoms with E-state index in [1.807, 2.05) is 6.92 Å². The third-order valence-electron chi connectivity index (χ3n) is 2.88. The monoisotopic (exact) mass is 252 g/mol. The molecule has 1 unspecified atom stereocenters. The number of nitrogens with two attached hydrogens (primary N) is 1. The number of likely N-dealkylation sites (N-methyl/N-ethyl adjacent to an activating group) is 1. The van der Waals surface area contributed by atoms with Gasteiger partial charge in [0, 0.05) is 23.9 Å². The second-order valence-corrected chi connectivity index (χ2v) is 4.47. The van der Waals surface area contributed by atoms with Crippen LogP contribution >= 0.6 is 0 Å². The fraction of sp³-hybridized carbons (Fsp3) is 0.583. The lowest BCUT2D eigenvalue weighted by molar-refractivity contribution is -0.0190. The number of hydrogen-bond acceptors (Lipinski definition) is 5. The number of methoxy groups -OCH3 is 1. The van der Waals surface area contributed by atoms with Crippen LogP contribution in [0.4, 0.5) is 0 Å². The van der Waals surface area contributed by atoms with Crippen LogP contribution in [0.3, 0.4) is 0 Å². The molecule has 0 aromatic heterocycles. The predicted molar refractivity (Wildman–Crippen MR) is 68.7 cm³/mol. The molecule has 0 bridgehead atoms. The summed E-state index contributed by atoms with van der Waals surface area (Å²) in [5.41, 5.74) is 5.41. The molecule has 0 aromatic rings. The highest BCUT2D eigenvalue weighted by atomic mass is 16.7. The van der Waals surface area contributed by atoms with Gasteiger partial charge in [-0.15, -0.1) is 0 Å². The molecule has 5 N–H and O–H groups in total. The summed E-state index contributed by atoms with van der Waals surface area (Å²) < 4.78 is 10.8. The Bertz CT molecular complexity index is 401. The molecule has 6 heteroatoms. The molecular weight excluding hydrogens is 232 g/mol. The summed E-state index contributed by atoms with van der Waals surface area (Å²) >= 11 is 0. The van der Waals surface area contributed by atoms with E-state index < -0.39 is 5.72 Å². The average molecular weight is 252 g/mol. The molecule has 1 aliphatic carbocycles. The second kappa shape index (κ2) is 4.89. The van der Waals surface area contributed by atoms with Crippen LogP contribution < -0.4 is 16.4 Å². The smallest absolute Gasteiger partial charge is 0.283 e. The molecule has 1 fully saturated rings. The minimum Gasteiger partial charge on any atom is -0.469 e. The van der Waals surface area contributed by atoms with Crippen LogP contribution in [0.25, 0.3) is 0 Å². The fourth-order valence-electron chi connectivity index (χ4n) is 1.83. The Morgan fingerprint density at radius 1 is 1.67 bits per heavy atom. The van der Waals surface area contributed by atoms with Crippen LogP contribution in [0.2, 0.25) is 0 Å². The zero-order valence-electron chi connectivity index (χ0n) is 10.7. The van der Waals surface area contributed by atoms with Crippen molar-refractivity contribution in [3.63, 3.8) is 0 Å². The predicted octanol–water partition coefficient (Wildman–Crippen LogP) is 0.382. The van der Waals surface area contributed by atoms with E-state index in [4.69, 9.17) is 20.6 Å². The number of nitrogens with one attached hydrogen (secondary N) is 3. The van der Waals surface area contributed by atoms with E-state index in [9.17, 15) is 0 Å². The van der Waals surface area contributed by atoms with Crippen LogP contribution in [0, 0.1) is 5.41 Å². The van der Waals surface area contributed by atoms with Crippen molar-refractivity contribution in [2.24, 2.45) is 5.73 Å². The van der Waals surface area contributed by atoms with Crippen molar-refractivity contribution in [3.8, 4) is 0 Å². The highest BCUT2D eigenvalue weighted by Crippen LogP contribution is 2.26. The van der Waals surface area contributed by atoms with Gasteiger partial charge in [0.05, 0.1) is 7.11 Å². The molecule has 0 amide bonds. The van der Waals surface area contributed by atoms with Gasteiger partial charge in [0.1, 0.15) is 0 Å². The SMILES string of the molecule is CCNC1(C(=N)N)C=C(NC2CC2)C=C(OC)O1. The summed E-state index contributed by atoms with van der Waals surface area (Å²) in [7, 11) is 1.53. The molecule has 0 spiro atoms. The maximum absolute atomic E-state index is 7.73. The average Bonchev–Trinajstić information content (AvgIpc) is 3.12. The highest BCUT2D eigenvalue weighted by Gasteiger charge is 2.38. The molecule has 1 heterocycles. The second-order valence-electron chi connectivity index (χ2n) is 4.47. The van der Waals surface area contributed by atoms with E-state index in [1.54, 1.807) is 12.2 Å². The van der Waals surface area contributed by atoms with Crippen molar-refractivity contribution < 1.29 is 9.47 Å². The van der Waals surface area contributed by atoms with Gasteiger partial charge >= 0.3 is 0 Å². The molecule has 0 aromatic carbocycles. The van der Waals surface area contributed by atoms with Crippen molar-refractivity contribution in [2.45, 2.75) is 31.5 Å². The van der Waals surface area contributed by atoms with Gasteiger partial charge in [0.2, 0.25) is 5.72 Å². The Kier molecular flexibility index (Phi) is 3.47. The minimum atomic E-state index is -1.12. The number of allylic oxidation sites excluding steroid dienone is 1. The van der Waals surface area contributed by atoms with Crippen molar-refractivity contribution in [2.75, 3.05) is 13.7 Å². The first kappa shape index (κ1) is 12.8. The van der Waals surface area contributed by atoms with Crippen LogP contribution in [-0.4, -0.2) is 31.3 Å². The van der Waals surface area contributed by atoms with Gasteiger partial charge in [0.15, 0.2) is 5.84 Å². The van der Waals surface area contributed by atoms with E-state index in [2.05, 4.69) is 10.6 Å². The summed E-state index contributed by atoms with van der Waals surface area (Å²) in [4.78, 5) is 0. The fourth-order valence-corrected chi connectivity index (χ4v) is 1.83. The molecule has 2 rings (SSSR count). The maximum Gasteiger partial charge on any atom is 0.283 e. The Balaban J connectivity index is 2.25. The third kappa shape index (κ3) is 2.59. The molecule has 18 heavy (non-hydrogen) atoms. The molecule has 0 saturated heterocycles. The summed E-state index contributed by atoms with van der Waals surface area (Å²) in [6.07, 6.45) is 5.90. The zero-order valence-corrected chi connectivity index (χ0v) is 10.7. The molecule has 1 saturated carbocycles. The van der Waals surface area contributed by atoms with E-state index in [1.165, 1.54) is 20.0 Å². The lowest BCUT2D eigenvalue weighted by Gasteiger charge is -2.34. The van der Waals surface area contributed by atoms with Crippen LogP contribution in [-0.2, 0) is 9.47 Å². The molecule has 2 aliphatic rings. The van der Waals surface area contributed by atoms with Gasteiger partial charge in [0.25, 0.3) is 5.95 Å². The first-order valence-electron chi connectivity index (χ1n) is 6.13. The van der Waals surface area contributed by atoms with Gasteiger partial charge in [-0.25, -0.2) is 0 Å². The third-order valence-corrected chi connectivity index (χ3v) is 2.88. The summed E-state index contributed by atoms with van der Waals surface area (Å²) in [5.74, 6) is 0.249. The van der Waals surface area contributed by atoms with Crippen LogP contribution in [0.15, 0.2) is 23.8 Å². The molecule has 6 nitrogen and oxygen atoms in total. The summed E-state index contributed by atoms with van der Waals surface area (Å²) in [6, 6.07) is 0.509. The first-order valence-corrected chi connectivity index (χ1v) is 6.13. The standard InChI is InChI=1S/C12H20N4O2/c1-3-15-12(11(13)14)7-9(16-8-4-5-8)6-10(17-2)18-12/h6-8,15-16H,3-5H2,1-2H3,(H3,13,14). The number of rotatable bonds is 6. The molecular formula is C12H20N4O2. The van der Waals surface area contributed by atoms with Crippen LogP contribution in [0.1, 0.15) is 19.8 Å². The topological polar surface area (TPSA) is 92.4 Å². The van der Waals surface area contributed by atoms with Crippen molar-refractivity contribution in [1.82, 2.24) is 10.6 Å². The van der Waals surface area contributed by atoms with Crippen molar-refractivity contribution in [1.29, 1.82) is 5.41 Å². The number of hydrogen-bond donors (Lipinski definition) is 4. The Hall–Kier alpha value is -1.69. The normalized spacial score (nSPS) is 26.8. The first-order chi connectivity index (χ1) is 8.59. The summed E-state index contributed by atoms with van der Waals surface area (Å²) in [6.45, 7) is 2.56. The zero-order chi connectivity index (χ0) is 13.2. The van der Waals surface area contributed by atoms with Gasteiger partial charge in [-0.2, -0.15) is 0 Å². The lowest BCUT2D eigenvalue weighted by Crippen LogP contribution is -2.57. The van der Waals surface area contributed by atoms with Gasteiger partial charge in [-0.1, -0.05) is 6.92 Å². The Labute approximate surface area is 107 Å². The molecule has 1 atom stereocenters. The summed E-state index contributed by atoms with van der Waals surface area (Å²) in [5, 5.41) is 14.2. The molecule has 100 valence electrons. The van der Waals surface area contributed by atoms with Gasteiger partial charge < -0.3 is 20.5 Å². The largest absolute Gasteiger partial charge is 0.469 e. The van der Waals surface area contributed by atoms with E-state index in [0.29, 0.717) is 18.5 Å². The van der Waals surface area contributed by atoms with Gasteiger partial charge in [-0.3, -0.25) is 10.7 Å². The van der Waals surface area contributed by atoms with Crippen LogP contribution in [0.5, 0.6) is 0 Å². The number of ether oxygens (including phenoxy) is 2. The van der Waals surface area contributed by atoms with Crippen molar-refractivity contribution >= 4 is 5.84 Å². The minimum absolute atomic E-state index is 0.0953. The van der Waals surface area contributed by atoms with Gasteiger partial charge in [-0.05, 0) is 19.4 Å². The lowest BCUT2D eigenvalue weighted by atomic mass is 10.1. The van der Waals surface area contributed by atoms with Crippen molar-refractivity contribution in [3.05, 3.63) is 23.8 Å². The maximum atomic E-state index is 7.73. The van der Waals surface area contributed by atoms with E-state index in [0.717, 1.165) is 5.70 Å². The molecule has 1 aliphatic heterocycles. The Morgan fingerprint density at radius 3 is 2.89 bits per heavy atom. The Morgan fingerprint density at radius 2 is 2.39 bits per heavy atom. The van der Waals surface area contributed by atoms with E-state index in [-0.39, 0.29) is 5.84 Å². The van der Waals surface area contributed by atoms with E-state index >= 15 is 0 Å². The quantitative estimate of drug-likeness (QED) is 0.405. The highest BCUT2D eigenvalue weighted by molar-refractivity contribution is 5.88. The number of amidine groups is 1.